The highest BCUT2D eigenvalue weighted by atomic mass is 16.5. The Kier molecular flexibility index (Phi) is 2.97. The normalized spacial score (nSPS) is 31.4. The molecule has 2 aliphatic rings. The SMILES string of the molecule is COc1ccc2c(c1)CC[C@H]1C(C)(C)C(=O)CC[C@]21C. The van der Waals surface area contributed by atoms with Crippen LogP contribution in [0.2, 0.25) is 0 Å². The third kappa shape index (κ3) is 1.73. The van der Waals surface area contributed by atoms with Crippen LogP contribution in [-0.4, -0.2) is 12.9 Å². The molecule has 0 aromatic heterocycles. The highest BCUT2D eigenvalue weighted by Crippen LogP contribution is 2.55. The second-order valence-corrected chi connectivity index (χ2v) is 7.18. The maximum absolute atomic E-state index is 12.3. The first-order valence-electron chi connectivity index (χ1n) is 7.60. The van der Waals surface area contributed by atoms with Gasteiger partial charge in [0, 0.05) is 11.8 Å². The van der Waals surface area contributed by atoms with Crippen LogP contribution in [0.3, 0.4) is 0 Å². The quantitative estimate of drug-likeness (QED) is 0.775. The van der Waals surface area contributed by atoms with E-state index < -0.39 is 0 Å². The number of rotatable bonds is 1. The van der Waals surface area contributed by atoms with Crippen LogP contribution < -0.4 is 4.74 Å². The van der Waals surface area contributed by atoms with Gasteiger partial charge >= 0.3 is 0 Å². The Bertz CT molecular complexity index is 559. The van der Waals surface area contributed by atoms with Crippen molar-refractivity contribution in [2.45, 2.75) is 51.9 Å². The molecule has 0 aliphatic heterocycles. The van der Waals surface area contributed by atoms with Gasteiger partial charge in [-0.1, -0.05) is 26.8 Å². The van der Waals surface area contributed by atoms with Gasteiger partial charge < -0.3 is 4.74 Å². The van der Waals surface area contributed by atoms with E-state index in [1.165, 1.54) is 11.1 Å². The van der Waals surface area contributed by atoms with Crippen LogP contribution in [0.25, 0.3) is 0 Å². The average Bonchev–Trinajstić information content (AvgIpc) is 2.43. The number of methoxy groups -OCH3 is 1. The Labute approximate surface area is 121 Å². The summed E-state index contributed by atoms with van der Waals surface area (Å²) in [7, 11) is 1.72. The van der Waals surface area contributed by atoms with Gasteiger partial charge in [-0.2, -0.15) is 0 Å². The molecule has 0 radical (unpaired) electrons. The molecule has 0 amide bonds. The number of Topliss-reactive ketones (excluding diaryl/α,β-unsaturated/α-hetero) is 1. The lowest BCUT2D eigenvalue weighted by molar-refractivity contribution is -0.137. The Balaban J connectivity index is 2.09. The van der Waals surface area contributed by atoms with Crippen molar-refractivity contribution in [2.24, 2.45) is 11.3 Å². The summed E-state index contributed by atoms with van der Waals surface area (Å²) >= 11 is 0. The van der Waals surface area contributed by atoms with Gasteiger partial charge in [0.05, 0.1) is 7.11 Å². The molecule has 20 heavy (non-hydrogen) atoms. The minimum Gasteiger partial charge on any atom is -0.497 e. The summed E-state index contributed by atoms with van der Waals surface area (Å²) in [6.45, 7) is 6.65. The van der Waals surface area contributed by atoms with E-state index in [4.69, 9.17) is 4.74 Å². The fourth-order valence-corrected chi connectivity index (χ4v) is 4.62. The number of ketones is 1. The van der Waals surface area contributed by atoms with E-state index in [0.29, 0.717) is 18.1 Å². The maximum Gasteiger partial charge on any atom is 0.138 e. The van der Waals surface area contributed by atoms with Crippen molar-refractivity contribution >= 4 is 5.78 Å². The largest absolute Gasteiger partial charge is 0.497 e. The first-order valence-corrected chi connectivity index (χ1v) is 7.60. The van der Waals surface area contributed by atoms with Crippen LogP contribution in [-0.2, 0) is 16.6 Å². The number of carbonyl (C=O) groups is 1. The third-order valence-corrected chi connectivity index (χ3v) is 5.86. The van der Waals surface area contributed by atoms with Crippen molar-refractivity contribution in [3.63, 3.8) is 0 Å². The van der Waals surface area contributed by atoms with E-state index in [2.05, 4.69) is 39.0 Å². The fourth-order valence-electron chi connectivity index (χ4n) is 4.62. The molecular weight excluding hydrogens is 248 g/mol. The van der Waals surface area contributed by atoms with E-state index in [1.54, 1.807) is 7.11 Å². The molecular formula is C18H24O2. The summed E-state index contributed by atoms with van der Waals surface area (Å²) in [5.41, 5.74) is 2.80. The summed E-state index contributed by atoms with van der Waals surface area (Å²) in [4.78, 5) is 12.3. The molecule has 0 heterocycles. The van der Waals surface area contributed by atoms with Gasteiger partial charge in [0.2, 0.25) is 0 Å². The van der Waals surface area contributed by atoms with Gasteiger partial charge in [0.1, 0.15) is 11.5 Å². The Hall–Kier alpha value is -1.31. The summed E-state index contributed by atoms with van der Waals surface area (Å²) < 4.78 is 5.35. The van der Waals surface area contributed by atoms with E-state index in [9.17, 15) is 4.79 Å². The third-order valence-electron chi connectivity index (χ3n) is 5.86. The standard InChI is InChI=1S/C18H24O2/c1-17(2)15-8-5-12-11-13(20-4)6-7-14(12)18(15,3)10-9-16(17)19/h6-7,11,15H,5,8-10H2,1-4H3/t15-,18+/m0/s1. The van der Waals surface area contributed by atoms with Crippen LogP contribution in [0.1, 0.15) is 51.2 Å². The molecule has 2 heteroatoms. The lowest BCUT2D eigenvalue weighted by Crippen LogP contribution is -2.52. The molecule has 2 aliphatic carbocycles. The molecule has 3 rings (SSSR count). The molecule has 1 fully saturated rings. The summed E-state index contributed by atoms with van der Waals surface area (Å²) in [5.74, 6) is 1.84. The molecule has 1 saturated carbocycles. The maximum atomic E-state index is 12.3. The van der Waals surface area contributed by atoms with Crippen molar-refractivity contribution in [1.29, 1.82) is 0 Å². The number of benzene rings is 1. The van der Waals surface area contributed by atoms with Crippen molar-refractivity contribution in [1.82, 2.24) is 0 Å². The first kappa shape index (κ1) is 13.7. The van der Waals surface area contributed by atoms with Crippen LogP contribution in [0.4, 0.5) is 0 Å². The summed E-state index contributed by atoms with van der Waals surface area (Å²) in [5, 5.41) is 0. The minimum absolute atomic E-state index is 0.136. The smallest absolute Gasteiger partial charge is 0.138 e. The number of hydrogen-bond donors (Lipinski definition) is 0. The predicted molar refractivity (Wildman–Crippen MR) is 80.2 cm³/mol. The van der Waals surface area contributed by atoms with Gasteiger partial charge in [0.15, 0.2) is 0 Å². The zero-order chi connectivity index (χ0) is 14.5. The van der Waals surface area contributed by atoms with Crippen LogP contribution in [0.5, 0.6) is 5.75 Å². The molecule has 1 aromatic carbocycles. The van der Waals surface area contributed by atoms with E-state index in [0.717, 1.165) is 25.0 Å². The Morgan fingerprint density at radius 2 is 1.95 bits per heavy atom. The topological polar surface area (TPSA) is 26.3 Å². The van der Waals surface area contributed by atoms with E-state index in [-0.39, 0.29) is 10.8 Å². The van der Waals surface area contributed by atoms with Crippen LogP contribution in [0.15, 0.2) is 18.2 Å². The van der Waals surface area contributed by atoms with Gasteiger partial charge in [0.25, 0.3) is 0 Å². The fraction of sp³-hybridized carbons (Fsp3) is 0.611. The molecule has 0 N–H and O–H groups in total. The van der Waals surface area contributed by atoms with Crippen LogP contribution >= 0.6 is 0 Å². The second kappa shape index (κ2) is 4.34. The molecule has 2 nitrogen and oxygen atoms in total. The van der Waals surface area contributed by atoms with Crippen molar-refractivity contribution < 1.29 is 9.53 Å². The molecule has 2 atom stereocenters. The minimum atomic E-state index is -0.190. The highest BCUT2D eigenvalue weighted by Gasteiger charge is 2.53. The van der Waals surface area contributed by atoms with E-state index in [1.807, 2.05) is 0 Å². The van der Waals surface area contributed by atoms with Crippen molar-refractivity contribution in [3.05, 3.63) is 29.3 Å². The zero-order valence-corrected chi connectivity index (χ0v) is 13.0. The van der Waals surface area contributed by atoms with Gasteiger partial charge in [-0.25, -0.2) is 0 Å². The number of fused-ring (bicyclic) bond motifs is 3. The van der Waals surface area contributed by atoms with Gasteiger partial charge in [-0.3, -0.25) is 4.79 Å². The van der Waals surface area contributed by atoms with Crippen molar-refractivity contribution in [2.75, 3.05) is 7.11 Å². The number of ether oxygens (including phenoxy) is 1. The summed E-state index contributed by atoms with van der Waals surface area (Å²) in [6, 6.07) is 6.47. The average molecular weight is 272 g/mol. The zero-order valence-electron chi connectivity index (χ0n) is 13.0. The predicted octanol–water partition coefficient (Wildman–Crippen LogP) is 3.90. The van der Waals surface area contributed by atoms with Crippen LogP contribution in [0, 0.1) is 11.3 Å². The molecule has 108 valence electrons. The Morgan fingerprint density at radius 1 is 1.20 bits per heavy atom. The summed E-state index contributed by atoms with van der Waals surface area (Å²) in [6.07, 6.45) is 3.86. The molecule has 0 unspecified atom stereocenters. The number of hydrogen-bond acceptors (Lipinski definition) is 2. The lowest BCUT2D eigenvalue weighted by atomic mass is 9.50. The van der Waals surface area contributed by atoms with E-state index >= 15 is 0 Å². The van der Waals surface area contributed by atoms with Crippen molar-refractivity contribution in [3.8, 4) is 5.75 Å². The molecule has 0 spiro atoms. The lowest BCUT2D eigenvalue weighted by Gasteiger charge is -2.53. The monoisotopic (exact) mass is 272 g/mol. The first-order chi connectivity index (χ1) is 9.39. The van der Waals surface area contributed by atoms with Gasteiger partial charge in [-0.05, 0) is 53.9 Å². The molecule has 0 saturated heterocycles. The van der Waals surface area contributed by atoms with Gasteiger partial charge in [-0.15, -0.1) is 0 Å². The number of carbonyl (C=O) groups excluding carboxylic acids is 1. The highest BCUT2D eigenvalue weighted by molar-refractivity contribution is 5.86. The Morgan fingerprint density at radius 3 is 2.65 bits per heavy atom. The second-order valence-electron chi connectivity index (χ2n) is 7.18. The molecule has 0 bridgehead atoms. The number of aryl methyl sites for hydroxylation is 1. The molecule has 1 aromatic rings.